The van der Waals surface area contributed by atoms with E-state index in [-0.39, 0.29) is 6.04 Å². The maximum atomic E-state index is 11.7. The van der Waals surface area contributed by atoms with Crippen molar-refractivity contribution in [1.29, 1.82) is 0 Å². The third-order valence-corrected chi connectivity index (χ3v) is 2.52. The van der Waals surface area contributed by atoms with Crippen LogP contribution < -0.4 is 5.32 Å². The summed E-state index contributed by atoms with van der Waals surface area (Å²) in [5.41, 5.74) is 1.86. The van der Waals surface area contributed by atoms with E-state index >= 15 is 0 Å². The number of carbonyl (C=O) groups excluding carboxylic acids is 1. The Labute approximate surface area is 102 Å². The van der Waals surface area contributed by atoms with E-state index in [9.17, 15) is 4.79 Å². The number of hydrogen-bond acceptors (Lipinski definition) is 2. The van der Waals surface area contributed by atoms with E-state index in [1.807, 2.05) is 39.0 Å². The van der Waals surface area contributed by atoms with Crippen molar-refractivity contribution in [2.75, 3.05) is 0 Å². The van der Waals surface area contributed by atoms with E-state index in [4.69, 9.17) is 4.74 Å². The van der Waals surface area contributed by atoms with E-state index < -0.39 is 11.7 Å². The molecule has 1 N–H and O–H groups in total. The van der Waals surface area contributed by atoms with Gasteiger partial charge in [0.05, 0.1) is 6.04 Å². The lowest BCUT2D eigenvalue weighted by Crippen LogP contribution is -2.34. The van der Waals surface area contributed by atoms with Gasteiger partial charge in [-0.25, -0.2) is 4.79 Å². The number of rotatable bonds is 1. The van der Waals surface area contributed by atoms with Crippen LogP contribution in [0.3, 0.4) is 0 Å². The smallest absolute Gasteiger partial charge is 0.408 e. The van der Waals surface area contributed by atoms with Gasteiger partial charge in [-0.15, -0.1) is 0 Å². The second kappa shape index (κ2) is 4.40. The highest BCUT2D eigenvalue weighted by Gasteiger charge is 2.26. The molecule has 0 bridgehead atoms. The minimum atomic E-state index is -0.470. The van der Waals surface area contributed by atoms with Crippen LogP contribution in [-0.2, 0) is 11.2 Å². The Morgan fingerprint density at radius 1 is 1.41 bits per heavy atom. The Morgan fingerprint density at radius 3 is 2.82 bits per heavy atom. The molecule has 90 valence electrons. The number of nitrogens with one attached hydrogen (secondary N) is 1. The minimum Gasteiger partial charge on any atom is -0.444 e. The Morgan fingerprint density at radius 2 is 2.12 bits per heavy atom. The summed E-state index contributed by atoms with van der Waals surface area (Å²) in [5, 5.41) is 2.82. The molecule has 1 amide bonds. The largest absolute Gasteiger partial charge is 0.444 e. The lowest BCUT2D eigenvalue weighted by atomic mass is 10.1. The highest BCUT2D eigenvalue weighted by molar-refractivity contribution is 5.69. The Hall–Kier alpha value is -1.51. The maximum Gasteiger partial charge on any atom is 0.408 e. The van der Waals surface area contributed by atoms with Gasteiger partial charge in [-0.2, -0.15) is 0 Å². The number of amides is 1. The summed E-state index contributed by atoms with van der Waals surface area (Å²) >= 11 is 0. The fourth-order valence-electron chi connectivity index (χ4n) is 1.85. The third kappa shape index (κ3) is 2.99. The minimum absolute atomic E-state index is 0.152. The molecule has 1 atom stereocenters. The number of hydrogen-bond donors (Lipinski definition) is 1. The van der Waals surface area contributed by atoms with Crippen LogP contribution in [0.2, 0.25) is 0 Å². The van der Waals surface area contributed by atoms with Crippen LogP contribution in [-0.4, -0.2) is 11.7 Å². The zero-order valence-corrected chi connectivity index (χ0v) is 10.4. The van der Waals surface area contributed by atoms with Crippen molar-refractivity contribution in [3.05, 3.63) is 41.8 Å². The second-order valence-electron chi connectivity index (χ2n) is 5.16. The predicted octanol–water partition coefficient (Wildman–Crippen LogP) is 2.89. The number of fused-ring (bicyclic) bond motifs is 1. The predicted molar refractivity (Wildman–Crippen MR) is 65.5 cm³/mol. The van der Waals surface area contributed by atoms with Gasteiger partial charge in [0.1, 0.15) is 5.60 Å². The van der Waals surface area contributed by atoms with Crippen molar-refractivity contribution in [2.45, 2.75) is 38.8 Å². The lowest BCUT2D eigenvalue weighted by molar-refractivity contribution is 0.0511. The van der Waals surface area contributed by atoms with Gasteiger partial charge >= 0.3 is 6.09 Å². The summed E-state index contributed by atoms with van der Waals surface area (Å²) in [4.78, 5) is 11.7. The number of ether oxygens (including phenoxy) is 1. The number of carbonyl (C=O) groups is 1. The summed E-state index contributed by atoms with van der Waals surface area (Å²) in [7, 11) is 0. The zero-order chi connectivity index (χ0) is 12.5. The Balaban J connectivity index is 2.00. The molecule has 3 nitrogen and oxygen atoms in total. The van der Waals surface area contributed by atoms with Gasteiger partial charge in [0.15, 0.2) is 0 Å². The van der Waals surface area contributed by atoms with Crippen LogP contribution in [0, 0.1) is 6.42 Å². The van der Waals surface area contributed by atoms with Crippen LogP contribution >= 0.6 is 0 Å². The molecule has 0 saturated heterocycles. The van der Waals surface area contributed by atoms with Crippen molar-refractivity contribution in [3.63, 3.8) is 0 Å². The standard InChI is InChI=1S/C14H17NO2/c1-14(2,3)17-13(16)15-12-9-8-10-6-4-5-7-11(10)12/h4-7,12H,8H2,1-3H3,(H,15,16)/t12-/m0/s1. The van der Waals surface area contributed by atoms with Crippen LogP contribution in [0.1, 0.15) is 37.9 Å². The summed E-state index contributed by atoms with van der Waals surface area (Å²) in [6.45, 7) is 5.55. The molecule has 3 heteroatoms. The monoisotopic (exact) mass is 231 g/mol. The molecule has 0 unspecified atom stereocenters. The van der Waals surface area contributed by atoms with Crippen molar-refractivity contribution < 1.29 is 9.53 Å². The quantitative estimate of drug-likeness (QED) is 0.807. The zero-order valence-electron chi connectivity index (χ0n) is 10.4. The SMILES string of the molecule is CC(C)(C)OC(=O)N[C@H]1[C]Cc2ccccc21. The number of benzene rings is 1. The van der Waals surface area contributed by atoms with Crippen molar-refractivity contribution >= 4 is 6.09 Å². The van der Waals surface area contributed by atoms with Crippen molar-refractivity contribution in [2.24, 2.45) is 0 Å². The van der Waals surface area contributed by atoms with Gasteiger partial charge in [-0.1, -0.05) is 24.3 Å². The van der Waals surface area contributed by atoms with Crippen LogP contribution in [0.4, 0.5) is 4.79 Å². The van der Waals surface area contributed by atoms with Gasteiger partial charge in [-0.3, -0.25) is 0 Å². The molecular weight excluding hydrogens is 214 g/mol. The van der Waals surface area contributed by atoms with E-state index in [2.05, 4.69) is 17.8 Å². The average Bonchev–Trinajstić information content (AvgIpc) is 2.59. The molecule has 1 aliphatic carbocycles. The second-order valence-corrected chi connectivity index (χ2v) is 5.16. The molecule has 0 fully saturated rings. The van der Waals surface area contributed by atoms with E-state index in [1.165, 1.54) is 5.56 Å². The van der Waals surface area contributed by atoms with Crippen molar-refractivity contribution in [1.82, 2.24) is 5.32 Å². The maximum absolute atomic E-state index is 11.7. The summed E-state index contributed by atoms with van der Waals surface area (Å²) < 4.78 is 5.22. The van der Waals surface area contributed by atoms with E-state index in [1.54, 1.807) is 0 Å². The average molecular weight is 231 g/mol. The van der Waals surface area contributed by atoms with E-state index in [0.29, 0.717) is 0 Å². The molecule has 0 saturated carbocycles. The molecule has 1 aromatic carbocycles. The van der Waals surface area contributed by atoms with Crippen LogP contribution in [0.5, 0.6) is 0 Å². The van der Waals surface area contributed by atoms with Crippen LogP contribution in [0.15, 0.2) is 24.3 Å². The molecular formula is C14H17NO2. The molecule has 0 spiro atoms. The third-order valence-electron chi connectivity index (χ3n) is 2.52. The normalized spacial score (nSPS) is 18.6. The van der Waals surface area contributed by atoms with Gasteiger partial charge in [0, 0.05) is 6.42 Å². The molecule has 2 rings (SSSR count). The van der Waals surface area contributed by atoms with Gasteiger partial charge < -0.3 is 10.1 Å². The molecule has 0 aromatic heterocycles. The summed E-state index contributed by atoms with van der Waals surface area (Å²) in [5.74, 6) is 0. The first-order valence-corrected chi connectivity index (χ1v) is 5.76. The van der Waals surface area contributed by atoms with Gasteiger partial charge in [0.25, 0.3) is 0 Å². The highest BCUT2D eigenvalue weighted by atomic mass is 16.6. The van der Waals surface area contributed by atoms with E-state index in [0.717, 1.165) is 12.0 Å². The molecule has 1 aromatic rings. The molecule has 2 radical (unpaired) electrons. The van der Waals surface area contributed by atoms with Gasteiger partial charge in [-0.05, 0) is 38.3 Å². The first-order chi connectivity index (χ1) is 7.96. The highest BCUT2D eigenvalue weighted by Crippen LogP contribution is 2.29. The Bertz CT molecular complexity index is 420. The molecule has 0 heterocycles. The first-order valence-electron chi connectivity index (χ1n) is 5.76. The Kier molecular flexibility index (Phi) is 3.09. The van der Waals surface area contributed by atoms with Crippen molar-refractivity contribution in [3.8, 4) is 0 Å². The van der Waals surface area contributed by atoms with Gasteiger partial charge in [0.2, 0.25) is 0 Å². The molecule has 17 heavy (non-hydrogen) atoms. The van der Waals surface area contributed by atoms with Crippen LogP contribution in [0.25, 0.3) is 0 Å². The summed E-state index contributed by atoms with van der Waals surface area (Å²) in [6, 6.07) is 7.88. The molecule has 0 aliphatic heterocycles. The fraction of sp³-hybridized carbons (Fsp3) is 0.429. The molecule has 1 aliphatic rings. The topological polar surface area (TPSA) is 38.3 Å². The first kappa shape index (κ1) is 12.0. The lowest BCUT2D eigenvalue weighted by Gasteiger charge is -2.21. The fourth-order valence-corrected chi connectivity index (χ4v) is 1.85. The summed E-state index contributed by atoms with van der Waals surface area (Å²) in [6.07, 6.45) is 3.60. The number of alkyl carbamates (subject to hydrolysis) is 1.